The zero-order chi connectivity index (χ0) is 11.3. The van der Waals surface area contributed by atoms with Gasteiger partial charge in [0.25, 0.3) is 0 Å². The molecule has 0 radical (unpaired) electrons. The van der Waals surface area contributed by atoms with Crippen LogP contribution in [-0.2, 0) is 11.3 Å². The molecule has 0 amide bonds. The molecule has 0 bridgehead atoms. The fraction of sp³-hybridized carbons (Fsp3) is 0.636. The molecular formula is C11H18N2O2. The van der Waals surface area contributed by atoms with E-state index in [0.717, 1.165) is 25.2 Å². The van der Waals surface area contributed by atoms with Crippen LogP contribution in [0.2, 0.25) is 0 Å². The molecule has 0 saturated carbocycles. The summed E-state index contributed by atoms with van der Waals surface area (Å²) in [6.45, 7) is 5.08. The minimum absolute atomic E-state index is 0.256. The summed E-state index contributed by atoms with van der Waals surface area (Å²) in [7, 11) is 0. The summed E-state index contributed by atoms with van der Waals surface area (Å²) < 4.78 is 2.10. The van der Waals surface area contributed by atoms with Gasteiger partial charge in [-0.25, -0.2) is 4.98 Å². The lowest BCUT2D eigenvalue weighted by atomic mass is 10.2. The summed E-state index contributed by atoms with van der Waals surface area (Å²) >= 11 is 0. The molecule has 0 aliphatic carbocycles. The van der Waals surface area contributed by atoms with Gasteiger partial charge in [0, 0.05) is 31.3 Å². The Morgan fingerprint density at radius 3 is 2.87 bits per heavy atom. The van der Waals surface area contributed by atoms with Crippen LogP contribution in [0.25, 0.3) is 0 Å². The van der Waals surface area contributed by atoms with Crippen molar-refractivity contribution in [3.8, 4) is 0 Å². The largest absolute Gasteiger partial charge is 0.481 e. The van der Waals surface area contributed by atoms with Crippen molar-refractivity contribution in [2.75, 3.05) is 0 Å². The second-order valence-electron chi connectivity index (χ2n) is 3.98. The molecular weight excluding hydrogens is 192 g/mol. The third-order valence-corrected chi connectivity index (χ3v) is 2.30. The lowest BCUT2D eigenvalue weighted by molar-refractivity contribution is -0.137. The fourth-order valence-corrected chi connectivity index (χ4v) is 1.57. The molecule has 1 N–H and O–H groups in total. The Kier molecular flexibility index (Phi) is 4.34. The topological polar surface area (TPSA) is 55.1 Å². The standard InChI is InChI=1S/C11H18N2O2/c1-9(2)11-12-6-8-13(11)7-4-3-5-10(14)15/h6,8-9H,3-5,7H2,1-2H3,(H,14,15). The highest BCUT2D eigenvalue weighted by Gasteiger charge is 2.06. The quantitative estimate of drug-likeness (QED) is 0.733. The third-order valence-electron chi connectivity index (χ3n) is 2.30. The smallest absolute Gasteiger partial charge is 0.303 e. The number of unbranched alkanes of at least 4 members (excludes halogenated alkanes) is 1. The average Bonchev–Trinajstić information content (AvgIpc) is 2.60. The lowest BCUT2D eigenvalue weighted by Gasteiger charge is -2.09. The molecule has 0 aliphatic heterocycles. The highest BCUT2D eigenvalue weighted by atomic mass is 16.4. The lowest BCUT2D eigenvalue weighted by Crippen LogP contribution is -2.05. The fourth-order valence-electron chi connectivity index (χ4n) is 1.57. The summed E-state index contributed by atoms with van der Waals surface area (Å²) in [6, 6.07) is 0. The van der Waals surface area contributed by atoms with E-state index < -0.39 is 5.97 Å². The number of imidazole rings is 1. The van der Waals surface area contributed by atoms with Crippen molar-refractivity contribution >= 4 is 5.97 Å². The molecule has 4 heteroatoms. The molecule has 0 saturated heterocycles. The Hall–Kier alpha value is -1.32. The van der Waals surface area contributed by atoms with Crippen molar-refractivity contribution in [3.63, 3.8) is 0 Å². The van der Waals surface area contributed by atoms with E-state index in [2.05, 4.69) is 23.4 Å². The van der Waals surface area contributed by atoms with Gasteiger partial charge in [-0.2, -0.15) is 0 Å². The summed E-state index contributed by atoms with van der Waals surface area (Å²) in [5.41, 5.74) is 0. The zero-order valence-corrected chi connectivity index (χ0v) is 9.31. The maximum absolute atomic E-state index is 10.3. The number of hydrogen-bond donors (Lipinski definition) is 1. The number of aromatic nitrogens is 2. The van der Waals surface area contributed by atoms with Crippen LogP contribution >= 0.6 is 0 Å². The molecule has 0 fully saturated rings. The molecule has 4 nitrogen and oxygen atoms in total. The number of carboxylic acids is 1. The van der Waals surface area contributed by atoms with E-state index in [9.17, 15) is 4.79 Å². The summed E-state index contributed by atoms with van der Waals surface area (Å²) in [5.74, 6) is 0.773. The van der Waals surface area contributed by atoms with Crippen LogP contribution in [0, 0.1) is 0 Å². The number of rotatable bonds is 6. The molecule has 1 aromatic heterocycles. The number of carboxylic acid groups (broad SMARTS) is 1. The predicted molar refractivity (Wildman–Crippen MR) is 57.8 cm³/mol. The van der Waals surface area contributed by atoms with Gasteiger partial charge >= 0.3 is 5.97 Å². The first kappa shape index (κ1) is 11.8. The summed E-state index contributed by atoms with van der Waals surface area (Å²) in [4.78, 5) is 14.6. The Morgan fingerprint density at radius 2 is 2.27 bits per heavy atom. The highest BCUT2D eigenvalue weighted by Crippen LogP contribution is 2.12. The van der Waals surface area contributed by atoms with Gasteiger partial charge < -0.3 is 9.67 Å². The average molecular weight is 210 g/mol. The van der Waals surface area contributed by atoms with Crippen molar-refractivity contribution in [1.82, 2.24) is 9.55 Å². The van der Waals surface area contributed by atoms with E-state index in [1.54, 1.807) is 6.20 Å². The minimum Gasteiger partial charge on any atom is -0.481 e. The Balaban J connectivity index is 2.37. The minimum atomic E-state index is -0.718. The maximum Gasteiger partial charge on any atom is 0.303 e. The van der Waals surface area contributed by atoms with Crippen LogP contribution in [0.4, 0.5) is 0 Å². The van der Waals surface area contributed by atoms with E-state index in [0.29, 0.717) is 5.92 Å². The maximum atomic E-state index is 10.3. The van der Waals surface area contributed by atoms with Crippen LogP contribution in [-0.4, -0.2) is 20.6 Å². The van der Waals surface area contributed by atoms with Crippen LogP contribution in [0.5, 0.6) is 0 Å². The first-order chi connectivity index (χ1) is 7.11. The van der Waals surface area contributed by atoms with Crippen molar-refractivity contribution in [1.29, 1.82) is 0 Å². The van der Waals surface area contributed by atoms with E-state index >= 15 is 0 Å². The molecule has 1 aromatic rings. The first-order valence-electron chi connectivity index (χ1n) is 5.34. The number of aliphatic carboxylic acids is 1. The Labute approximate surface area is 89.9 Å². The number of nitrogens with zero attached hydrogens (tertiary/aromatic N) is 2. The molecule has 0 spiro atoms. The van der Waals surface area contributed by atoms with Crippen LogP contribution in [0.1, 0.15) is 44.9 Å². The van der Waals surface area contributed by atoms with Crippen molar-refractivity contribution in [2.45, 2.75) is 45.6 Å². The van der Waals surface area contributed by atoms with E-state index in [1.807, 2.05) is 6.20 Å². The number of aryl methyl sites for hydroxylation is 1. The second-order valence-corrected chi connectivity index (χ2v) is 3.98. The normalized spacial score (nSPS) is 10.9. The SMILES string of the molecule is CC(C)c1nccn1CCCCC(=O)O. The first-order valence-corrected chi connectivity index (χ1v) is 5.34. The number of hydrogen-bond acceptors (Lipinski definition) is 2. The molecule has 84 valence electrons. The molecule has 1 rings (SSSR count). The summed E-state index contributed by atoms with van der Waals surface area (Å²) in [6.07, 6.45) is 5.63. The van der Waals surface area contributed by atoms with Crippen LogP contribution in [0.3, 0.4) is 0 Å². The van der Waals surface area contributed by atoms with Gasteiger partial charge in [-0.3, -0.25) is 4.79 Å². The van der Waals surface area contributed by atoms with Crippen molar-refractivity contribution in [3.05, 3.63) is 18.2 Å². The monoisotopic (exact) mass is 210 g/mol. The predicted octanol–water partition coefficient (Wildman–Crippen LogP) is 2.26. The van der Waals surface area contributed by atoms with Gasteiger partial charge in [0.2, 0.25) is 0 Å². The Bertz CT molecular complexity index is 318. The zero-order valence-electron chi connectivity index (χ0n) is 9.31. The van der Waals surface area contributed by atoms with Crippen LogP contribution < -0.4 is 0 Å². The van der Waals surface area contributed by atoms with Gasteiger partial charge in [0.15, 0.2) is 0 Å². The van der Waals surface area contributed by atoms with Crippen LogP contribution in [0.15, 0.2) is 12.4 Å². The Morgan fingerprint density at radius 1 is 1.53 bits per heavy atom. The van der Waals surface area contributed by atoms with E-state index in [-0.39, 0.29) is 6.42 Å². The van der Waals surface area contributed by atoms with Gasteiger partial charge in [0.05, 0.1) is 0 Å². The second kappa shape index (κ2) is 5.53. The molecule has 0 aliphatic rings. The molecule has 0 aromatic carbocycles. The van der Waals surface area contributed by atoms with E-state index in [1.165, 1.54) is 0 Å². The van der Waals surface area contributed by atoms with E-state index in [4.69, 9.17) is 5.11 Å². The van der Waals surface area contributed by atoms with Gasteiger partial charge in [-0.15, -0.1) is 0 Å². The van der Waals surface area contributed by atoms with Crippen molar-refractivity contribution < 1.29 is 9.90 Å². The molecule has 0 atom stereocenters. The third kappa shape index (κ3) is 3.73. The molecule has 0 unspecified atom stereocenters. The van der Waals surface area contributed by atoms with Gasteiger partial charge in [-0.05, 0) is 12.8 Å². The highest BCUT2D eigenvalue weighted by molar-refractivity contribution is 5.66. The van der Waals surface area contributed by atoms with Gasteiger partial charge in [-0.1, -0.05) is 13.8 Å². The summed E-state index contributed by atoms with van der Waals surface area (Å²) in [5, 5.41) is 8.49. The van der Waals surface area contributed by atoms with Crippen molar-refractivity contribution in [2.24, 2.45) is 0 Å². The molecule has 1 heterocycles. The van der Waals surface area contributed by atoms with Gasteiger partial charge in [0.1, 0.15) is 5.82 Å². The number of carbonyl (C=O) groups is 1. The molecule has 15 heavy (non-hydrogen) atoms.